The Labute approximate surface area is 286 Å². The molecular weight excluding hydrogens is 621 g/mol. The van der Waals surface area contributed by atoms with E-state index in [-0.39, 0.29) is 28.4 Å². The van der Waals surface area contributed by atoms with Crippen molar-refractivity contribution in [2.24, 2.45) is 11.8 Å². The highest BCUT2D eigenvalue weighted by atomic mass is 28.2. The Bertz CT molecular complexity index is 1550. The standard InChI is InChI=1S/C38H58N2O5Si2/c1-25(2)37(5,6)46-44-33-21-34(45-47-38(7,8)26(3)4)36(42-20-18-28-23-40-32-16-12-10-14-30(28)32)43-35(33)24-41-19-17-27-22-39-31-15-11-9-13-29(27)31/h9-16,22-23,25-26,33-36,39-40H,17-21,24,46-47H2,1-8H3/t33-,34+,35+,36-/m0/s1. The summed E-state index contributed by atoms with van der Waals surface area (Å²) >= 11 is 0. The molecule has 2 aromatic carbocycles. The van der Waals surface area contributed by atoms with Crippen molar-refractivity contribution in [3.63, 3.8) is 0 Å². The van der Waals surface area contributed by atoms with Crippen LogP contribution in [0, 0.1) is 11.8 Å². The third kappa shape index (κ3) is 9.26. The van der Waals surface area contributed by atoms with E-state index in [0.29, 0.717) is 31.7 Å². The van der Waals surface area contributed by atoms with Gasteiger partial charge in [-0.05, 0) is 58.0 Å². The third-order valence-corrected chi connectivity index (χ3v) is 15.1. The number of rotatable bonds is 17. The van der Waals surface area contributed by atoms with Gasteiger partial charge in [0.05, 0.1) is 32.0 Å². The first-order valence-electron chi connectivity index (χ1n) is 17.6. The van der Waals surface area contributed by atoms with Crippen LogP contribution in [0.3, 0.4) is 0 Å². The van der Waals surface area contributed by atoms with Crippen molar-refractivity contribution in [2.45, 2.75) is 109 Å². The van der Waals surface area contributed by atoms with Gasteiger partial charge in [-0.2, -0.15) is 0 Å². The van der Waals surface area contributed by atoms with Crippen LogP contribution < -0.4 is 0 Å². The summed E-state index contributed by atoms with van der Waals surface area (Å²) < 4.78 is 33.4. The molecule has 47 heavy (non-hydrogen) atoms. The Kier molecular flexibility index (Phi) is 12.3. The molecule has 0 unspecified atom stereocenters. The van der Waals surface area contributed by atoms with Gasteiger partial charge in [0.25, 0.3) is 0 Å². The SMILES string of the molecule is CC(C)C(C)(C)[SiH2]O[C@H]1C[C@@H](O[SiH2]C(C)(C)C(C)C)[C@@H](OCCc2c[nH]c3ccccc23)O[C@@H]1COCCc1c[nH]c2ccccc12. The highest BCUT2D eigenvalue weighted by Gasteiger charge is 2.42. The van der Waals surface area contributed by atoms with E-state index in [1.807, 2.05) is 0 Å². The predicted molar refractivity (Wildman–Crippen MR) is 199 cm³/mol. The number of ether oxygens (including phenoxy) is 3. The molecule has 4 aromatic rings. The predicted octanol–water partition coefficient (Wildman–Crippen LogP) is 7.23. The molecule has 2 aromatic heterocycles. The number of para-hydroxylation sites is 2. The summed E-state index contributed by atoms with van der Waals surface area (Å²) in [5, 5.41) is 2.84. The fraction of sp³-hybridized carbons (Fsp3) is 0.579. The summed E-state index contributed by atoms with van der Waals surface area (Å²) in [7, 11) is -1.73. The number of hydrogen-bond acceptors (Lipinski definition) is 5. The molecule has 0 spiro atoms. The number of aromatic amines is 2. The lowest BCUT2D eigenvalue weighted by molar-refractivity contribution is -0.264. The molecule has 1 aliphatic rings. The number of benzene rings is 2. The van der Waals surface area contributed by atoms with Gasteiger partial charge in [-0.1, -0.05) is 91.8 Å². The van der Waals surface area contributed by atoms with Crippen LogP contribution in [0.4, 0.5) is 0 Å². The molecule has 1 saturated heterocycles. The topological polar surface area (TPSA) is 77.7 Å². The summed E-state index contributed by atoms with van der Waals surface area (Å²) in [5.41, 5.74) is 4.84. The van der Waals surface area contributed by atoms with Gasteiger partial charge in [0.15, 0.2) is 25.8 Å². The molecule has 0 bridgehead atoms. The molecule has 1 fully saturated rings. The third-order valence-electron chi connectivity index (χ3n) is 10.8. The fourth-order valence-corrected chi connectivity index (χ4v) is 8.37. The lowest BCUT2D eigenvalue weighted by Crippen LogP contribution is -2.53. The maximum atomic E-state index is 6.86. The monoisotopic (exact) mass is 678 g/mol. The largest absolute Gasteiger partial charge is 0.418 e. The zero-order valence-corrected chi connectivity index (χ0v) is 32.8. The molecule has 4 atom stereocenters. The van der Waals surface area contributed by atoms with Crippen molar-refractivity contribution in [1.29, 1.82) is 0 Å². The second-order valence-electron chi connectivity index (χ2n) is 15.4. The van der Waals surface area contributed by atoms with Crippen molar-refractivity contribution in [3.8, 4) is 0 Å². The van der Waals surface area contributed by atoms with Crippen LogP contribution in [0.5, 0.6) is 0 Å². The lowest BCUT2D eigenvalue weighted by atomic mass is 9.99. The first-order valence-corrected chi connectivity index (χ1v) is 20.2. The van der Waals surface area contributed by atoms with Crippen molar-refractivity contribution >= 4 is 41.3 Å². The summed E-state index contributed by atoms with van der Waals surface area (Å²) in [6.07, 6.45) is 5.67. The van der Waals surface area contributed by atoms with Gasteiger partial charge in [-0.3, -0.25) is 0 Å². The Morgan fingerprint density at radius 1 is 0.745 bits per heavy atom. The molecule has 9 heteroatoms. The zero-order chi connectivity index (χ0) is 33.6. The highest BCUT2D eigenvalue weighted by molar-refractivity contribution is 6.32. The van der Waals surface area contributed by atoms with Crippen molar-refractivity contribution < 1.29 is 23.1 Å². The van der Waals surface area contributed by atoms with Crippen LogP contribution in [0.25, 0.3) is 21.8 Å². The maximum Gasteiger partial charge on any atom is 0.183 e. The second-order valence-corrected chi connectivity index (χ2v) is 20.3. The Hall–Kier alpha value is -2.25. The minimum absolute atomic E-state index is 0.0811. The molecular formula is C38H58N2O5Si2. The molecule has 258 valence electrons. The highest BCUT2D eigenvalue weighted by Crippen LogP contribution is 2.37. The van der Waals surface area contributed by atoms with Crippen LogP contribution in [-0.2, 0) is 35.9 Å². The van der Waals surface area contributed by atoms with Gasteiger partial charge in [-0.25, -0.2) is 0 Å². The quantitative estimate of drug-likeness (QED) is 0.0911. The van der Waals surface area contributed by atoms with Crippen LogP contribution in [-0.4, -0.2) is 73.9 Å². The van der Waals surface area contributed by atoms with Gasteiger partial charge in [0, 0.05) is 40.6 Å². The number of aromatic nitrogens is 2. The molecule has 7 nitrogen and oxygen atoms in total. The van der Waals surface area contributed by atoms with E-state index in [1.54, 1.807) is 0 Å². The smallest absolute Gasteiger partial charge is 0.183 e. The molecule has 0 aliphatic carbocycles. The number of hydrogen-bond donors (Lipinski definition) is 2. The minimum atomic E-state index is -0.877. The van der Waals surface area contributed by atoms with Gasteiger partial charge in [0.1, 0.15) is 6.10 Å². The van der Waals surface area contributed by atoms with Crippen molar-refractivity contribution in [1.82, 2.24) is 9.97 Å². The lowest BCUT2D eigenvalue weighted by Gasteiger charge is -2.43. The summed E-state index contributed by atoms with van der Waals surface area (Å²) in [6, 6.07) is 16.9. The Balaban J connectivity index is 1.28. The molecule has 3 heterocycles. The van der Waals surface area contributed by atoms with E-state index in [0.717, 1.165) is 30.3 Å². The summed E-state index contributed by atoms with van der Waals surface area (Å²) in [5.74, 6) is 1.10. The Morgan fingerprint density at radius 3 is 1.81 bits per heavy atom. The van der Waals surface area contributed by atoms with Crippen molar-refractivity contribution in [3.05, 3.63) is 72.1 Å². The van der Waals surface area contributed by atoms with Crippen LogP contribution in [0.15, 0.2) is 60.9 Å². The molecule has 1 aliphatic heterocycles. The van der Waals surface area contributed by atoms with Crippen molar-refractivity contribution in [2.75, 3.05) is 19.8 Å². The first-order chi connectivity index (χ1) is 22.4. The van der Waals surface area contributed by atoms with Crippen LogP contribution in [0.1, 0.15) is 72.9 Å². The maximum absolute atomic E-state index is 6.86. The van der Waals surface area contributed by atoms with Gasteiger partial charge >= 0.3 is 0 Å². The Morgan fingerprint density at radius 2 is 1.26 bits per heavy atom. The van der Waals surface area contributed by atoms with E-state index >= 15 is 0 Å². The average molecular weight is 679 g/mol. The molecule has 0 amide bonds. The van der Waals surface area contributed by atoms with E-state index in [9.17, 15) is 0 Å². The molecule has 0 saturated carbocycles. The first kappa shape index (κ1) is 36.0. The number of fused-ring (bicyclic) bond motifs is 2. The molecule has 5 rings (SSSR count). The molecule has 0 radical (unpaired) electrons. The number of H-pyrrole nitrogens is 2. The second kappa shape index (κ2) is 16.0. The van der Waals surface area contributed by atoms with Gasteiger partial charge in [-0.15, -0.1) is 0 Å². The summed E-state index contributed by atoms with van der Waals surface area (Å²) in [4.78, 5) is 6.77. The van der Waals surface area contributed by atoms with Gasteiger partial charge in [0.2, 0.25) is 0 Å². The average Bonchev–Trinajstić information content (AvgIpc) is 3.66. The molecule has 2 N–H and O–H groups in total. The van der Waals surface area contributed by atoms with Gasteiger partial charge < -0.3 is 33.0 Å². The van der Waals surface area contributed by atoms with E-state index in [1.165, 1.54) is 21.9 Å². The normalized spacial score (nSPS) is 21.6. The van der Waals surface area contributed by atoms with E-state index in [4.69, 9.17) is 23.1 Å². The van der Waals surface area contributed by atoms with Crippen LogP contribution >= 0.6 is 0 Å². The van der Waals surface area contributed by atoms with Crippen LogP contribution in [0.2, 0.25) is 10.1 Å². The zero-order valence-electron chi connectivity index (χ0n) is 29.9. The van der Waals surface area contributed by atoms with E-state index in [2.05, 4.69) is 126 Å². The number of nitrogens with one attached hydrogen (secondary N) is 2. The fourth-order valence-electron chi connectivity index (χ4n) is 5.78. The van der Waals surface area contributed by atoms with E-state index < -0.39 is 25.8 Å². The minimum Gasteiger partial charge on any atom is -0.418 e. The summed E-state index contributed by atoms with van der Waals surface area (Å²) in [6.45, 7) is 20.1.